The zero-order valence-electron chi connectivity index (χ0n) is 9.30. The fourth-order valence-electron chi connectivity index (χ4n) is 1.41. The Morgan fingerprint density at radius 3 is 3.06 bits per heavy atom. The summed E-state index contributed by atoms with van der Waals surface area (Å²) in [4.78, 5) is 16.3. The van der Waals surface area contributed by atoms with E-state index in [0.717, 1.165) is 5.56 Å². The lowest BCUT2D eigenvalue weighted by Gasteiger charge is -1.95. The molecule has 0 unspecified atom stereocenters. The van der Waals surface area contributed by atoms with E-state index in [4.69, 9.17) is 0 Å². The number of aliphatic imine (C=N–C) groups is 1. The maximum absolute atomic E-state index is 11.6. The molecule has 1 heterocycles. The van der Waals surface area contributed by atoms with Gasteiger partial charge in [0.25, 0.3) is 5.91 Å². The van der Waals surface area contributed by atoms with Crippen molar-refractivity contribution in [2.45, 2.75) is 6.92 Å². The molecule has 1 amide bonds. The molecule has 2 N–H and O–H groups in total. The smallest absolute Gasteiger partial charge is 0.264 e. The first-order valence-corrected chi connectivity index (χ1v) is 6.05. The van der Waals surface area contributed by atoms with Crippen molar-refractivity contribution < 1.29 is 9.90 Å². The molecule has 5 heteroatoms. The number of nitrogens with one attached hydrogen (secondary N) is 1. The fourth-order valence-corrected chi connectivity index (χ4v) is 2.30. The number of thioether (sulfide) groups is 1. The van der Waals surface area contributed by atoms with Crippen LogP contribution in [0.2, 0.25) is 0 Å². The third-order valence-electron chi connectivity index (χ3n) is 2.12. The van der Waals surface area contributed by atoms with Crippen molar-refractivity contribution in [3.8, 4) is 5.75 Å². The second-order valence-corrected chi connectivity index (χ2v) is 4.47. The number of rotatable bonds is 2. The molecule has 2 rings (SSSR count). The van der Waals surface area contributed by atoms with E-state index >= 15 is 0 Å². The average Bonchev–Trinajstić information content (AvgIpc) is 2.60. The van der Waals surface area contributed by atoms with Gasteiger partial charge in [-0.15, -0.1) is 0 Å². The molecule has 4 nitrogen and oxygen atoms in total. The molecule has 1 saturated heterocycles. The normalized spacial score (nSPS) is 19.9. The molecule has 1 aliphatic rings. The summed E-state index contributed by atoms with van der Waals surface area (Å²) in [5.41, 5.74) is 0.792. The lowest BCUT2D eigenvalue weighted by atomic mass is 10.2. The molecule has 17 heavy (non-hydrogen) atoms. The summed E-state index contributed by atoms with van der Waals surface area (Å²) in [6.07, 6.45) is 1.73. The highest BCUT2D eigenvalue weighted by Gasteiger charge is 2.23. The highest BCUT2D eigenvalue weighted by molar-refractivity contribution is 8.18. The van der Waals surface area contributed by atoms with Gasteiger partial charge in [-0.25, -0.2) is 0 Å². The van der Waals surface area contributed by atoms with Gasteiger partial charge in [0, 0.05) is 6.54 Å². The van der Waals surface area contributed by atoms with E-state index in [-0.39, 0.29) is 11.7 Å². The first-order valence-electron chi connectivity index (χ1n) is 5.23. The SMILES string of the molecule is CCN=C1NC(=O)/C(=C/c2cccc(O)c2)S1. The molecule has 0 radical (unpaired) electrons. The van der Waals surface area contributed by atoms with Gasteiger partial charge >= 0.3 is 0 Å². The number of amidine groups is 1. The average molecular weight is 248 g/mol. The van der Waals surface area contributed by atoms with Crippen LogP contribution in [-0.2, 0) is 4.79 Å². The Hall–Kier alpha value is -1.75. The van der Waals surface area contributed by atoms with Crippen LogP contribution in [0.3, 0.4) is 0 Å². The predicted octanol–water partition coefficient (Wildman–Crippen LogP) is 1.97. The van der Waals surface area contributed by atoms with Gasteiger partial charge in [0.1, 0.15) is 5.75 Å². The van der Waals surface area contributed by atoms with E-state index in [1.54, 1.807) is 24.3 Å². The number of aromatic hydroxyl groups is 1. The summed E-state index contributed by atoms with van der Waals surface area (Å²) >= 11 is 1.31. The number of carbonyl (C=O) groups is 1. The third-order valence-corrected chi connectivity index (χ3v) is 3.07. The van der Waals surface area contributed by atoms with Crippen molar-refractivity contribution in [3.05, 3.63) is 34.7 Å². The Balaban J connectivity index is 2.24. The van der Waals surface area contributed by atoms with Crippen LogP contribution in [0.4, 0.5) is 0 Å². The third kappa shape index (κ3) is 2.88. The Labute approximate surface area is 103 Å². The maximum Gasteiger partial charge on any atom is 0.264 e. The Morgan fingerprint density at radius 1 is 1.53 bits per heavy atom. The molecule has 1 aliphatic heterocycles. The number of phenols is 1. The minimum Gasteiger partial charge on any atom is -0.508 e. The van der Waals surface area contributed by atoms with Gasteiger partial charge in [-0.2, -0.15) is 0 Å². The van der Waals surface area contributed by atoms with Gasteiger partial charge in [0.05, 0.1) is 4.91 Å². The second kappa shape index (κ2) is 5.05. The second-order valence-electron chi connectivity index (χ2n) is 3.44. The topological polar surface area (TPSA) is 61.7 Å². The molecule has 0 aromatic heterocycles. The Bertz CT molecular complexity index is 509. The summed E-state index contributed by atoms with van der Waals surface area (Å²) in [5, 5.41) is 12.6. The number of benzene rings is 1. The number of amides is 1. The van der Waals surface area contributed by atoms with Gasteiger partial charge in [-0.1, -0.05) is 12.1 Å². The Morgan fingerprint density at radius 2 is 2.35 bits per heavy atom. The summed E-state index contributed by atoms with van der Waals surface area (Å²) in [5.74, 6) is 0.0377. The molecular weight excluding hydrogens is 236 g/mol. The summed E-state index contributed by atoms with van der Waals surface area (Å²) in [6, 6.07) is 6.76. The van der Waals surface area contributed by atoms with E-state index in [9.17, 15) is 9.90 Å². The number of nitrogens with zero attached hydrogens (tertiary/aromatic N) is 1. The van der Waals surface area contributed by atoms with Crippen molar-refractivity contribution in [2.24, 2.45) is 4.99 Å². The molecule has 88 valence electrons. The van der Waals surface area contributed by atoms with Crippen LogP contribution in [0.15, 0.2) is 34.2 Å². The molecule has 0 atom stereocenters. The van der Waals surface area contributed by atoms with Gasteiger partial charge in [-0.3, -0.25) is 9.79 Å². The minimum absolute atomic E-state index is 0.148. The van der Waals surface area contributed by atoms with E-state index < -0.39 is 0 Å². The number of carbonyl (C=O) groups excluding carboxylic acids is 1. The molecule has 0 spiro atoms. The zero-order chi connectivity index (χ0) is 12.3. The maximum atomic E-state index is 11.6. The number of phenolic OH excluding ortho intramolecular Hbond substituents is 1. The van der Waals surface area contributed by atoms with Crippen molar-refractivity contribution in [2.75, 3.05) is 6.54 Å². The standard InChI is InChI=1S/C12H12N2O2S/c1-2-13-12-14-11(16)10(17-12)7-8-4-3-5-9(15)6-8/h3-7,15H,2H2,1H3,(H,13,14,16)/b10-7-. The van der Waals surface area contributed by atoms with E-state index in [1.165, 1.54) is 11.8 Å². The van der Waals surface area contributed by atoms with Gasteiger partial charge in [-0.05, 0) is 42.5 Å². The lowest BCUT2D eigenvalue weighted by Crippen LogP contribution is -2.19. The predicted molar refractivity (Wildman–Crippen MR) is 69.8 cm³/mol. The number of hydrogen-bond donors (Lipinski definition) is 2. The molecule has 0 aliphatic carbocycles. The van der Waals surface area contributed by atoms with Crippen LogP contribution < -0.4 is 5.32 Å². The molecule has 0 bridgehead atoms. The van der Waals surface area contributed by atoms with Crippen LogP contribution in [0.25, 0.3) is 6.08 Å². The molecule has 1 fully saturated rings. The molecule has 0 saturated carbocycles. The van der Waals surface area contributed by atoms with Gasteiger partial charge in [0.2, 0.25) is 0 Å². The van der Waals surface area contributed by atoms with E-state index in [2.05, 4.69) is 10.3 Å². The quantitative estimate of drug-likeness (QED) is 0.787. The van der Waals surface area contributed by atoms with E-state index in [0.29, 0.717) is 16.6 Å². The van der Waals surface area contributed by atoms with Crippen molar-refractivity contribution >= 4 is 28.9 Å². The van der Waals surface area contributed by atoms with Crippen LogP contribution >= 0.6 is 11.8 Å². The van der Waals surface area contributed by atoms with Crippen LogP contribution in [0, 0.1) is 0 Å². The van der Waals surface area contributed by atoms with Gasteiger partial charge < -0.3 is 10.4 Å². The number of hydrogen-bond acceptors (Lipinski definition) is 4. The summed E-state index contributed by atoms with van der Waals surface area (Å²) in [6.45, 7) is 2.55. The highest BCUT2D eigenvalue weighted by atomic mass is 32.2. The van der Waals surface area contributed by atoms with Crippen molar-refractivity contribution in [3.63, 3.8) is 0 Å². The van der Waals surface area contributed by atoms with E-state index in [1.807, 2.05) is 13.0 Å². The zero-order valence-corrected chi connectivity index (χ0v) is 10.1. The van der Waals surface area contributed by atoms with Crippen molar-refractivity contribution in [1.82, 2.24) is 5.32 Å². The lowest BCUT2D eigenvalue weighted by molar-refractivity contribution is -0.115. The van der Waals surface area contributed by atoms with Crippen molar-refractivity contribution in [1.29, 1.82) is 0 Å². The Kier molecular flexibility index (Phi) is 3.49. The summed E-state index contributed by atoms with van der Waals surface area (Å²) in [7, 11) is 0. The highest BCUT2D eigenvalue weighted by Crippen LogP contribution is 2.26. The molecule has 1 aromatic rings. The molecule has 1 aromatic carbocycles. The van der Waals surface area contributed by atoms with Gasteiger partial charge in [0.15, 0.2) is 5.17 Å². The fraction of sp³-hybridized carbons (Fsp3) is 0.167. The summed E-state index contributed by atoms with van der Waals surface area (Å²) < 4.78 is 0. The van der Waals surface area contributed by atoms with Crippen LogP contribution in [-0.4, -0.2) is 22.7 Å². The first kappa shape index (κ1) is 11.7. The van der Waals surface area contributed by atoms with Crippen LogP contribution in [0.5, 0.6) is 5.75 Å². The first-order chi connectivity index (χ1) is 8.19. The van der Waals surface area contributed by atoms with Crippen LogP contribution in [0.1, 0.15) is 12.5 Å². The largest absolute Gasteiger partial charge is 0.508 e. The molecular formula is C12H12N2O2S. The monoisotopic (exact) mass is 248 g/mol. The minimum atomic E-state index is -0.148.